The molecule has 20 heavy (non-hydrogen) atoms. The normalized spacial score (nSPS) is 27.3. The lowest BCUT2D eigenvalue weighted by atomic mass is 9.82. The summed E-state index contributed by atoms with van der Waals surface area (Å²) in [5.74, 6) is 0.213. The Morgan fingerprint density at radius 2 is 2.05 bits per heavy atom. The lowest BCUT2D eigenvalue weighted by Crippen LogP contribution is -2.42. The van der Waals surface area contributed by atoms with Gasteiger partial charge in [-0.15, -0.1) is 11.6 Å². The van der Waals surface area contributed by atoms with Crippen LogP contribution in [-0.2, 0) is 11.2 Å². The summed E-state index contributed by atoms with van der Waals surface area (Å²) in [6.45, 7) is 2.13. The molecule has 0 radical (unpaired) electrons. The van der Waals surface area contributed by atoms with Gasteiger partial charge in [-0.1, -0.05) is 44.0 Å². The van der Waals surface area contributed by atoms with Gasteiger partial charge in [-0.05, 0) is 36.8 Å². The Bertz CT molecular complexity index is 507. The number of halogens is 1. The molecule has 0 saturated heterocycles. The summed E-state index contributed by atoms with van der Waals surface area (Å²) in [5.41, 5.74) is 2.33. The van der Waals surface area contributed by atoms with Crippen LogP contribution in [0, 0.1) is 5.41 Å². The molecule has 0 aliphatic heterocycles. The standard InChI is InChI=1S/C17H22ClNO/c1-2-17(9-5-6-10-17)16(20)19-15-13-8-4-3-7-12(13)11-14(15)18/h3-4,7-8,14-15H,2,5-6,9-11H2,1H3,(H,19,20). The quantitative estimate of drug-likeness (QED) is 0.839. The van der Waals surface area contributed by atoms with Crippen molar-refractivity contribution in [1.82, 2.24) is 5.32 Å². The van der Waals surface area contributed by atoms with Crippen LogP contribution < -0.4 is 5.32 Å². The summed E-state index contributed by atoms with van der Waals surface area (Å²) in [6, 6.07) is 8.25. The van der Waals surface area contributed by atoms with Crippen molar-refractivity contribution in [3.8, 4) is 0 Å². The van der Waals surface area contributed by atoms with E-state index >= 15 is 0 Å². The molecule has 2 atom stereocenters. The Morgan fingerprint density at radius 1 is 1.35 bits per heavy atom. The van der Waals surface area contributed by atoms with Gasteiger partial charge in [0.1, 0.15) is 0 Å². The van der Waals surface area contributed by atoms with Gasteiger partial charge < -0.3 is 5.32 Å². The summed E-state index contributed by atoms with van der Waals surface area (Å²) < 4.78 is 0. The molecular formula is C17H22ClNO. The highest BCUT2D eigenvalue weighted by molar-refractivity contribution is 6.21. The number of amides is 1. The number of rotatable bonds is 3. The first-order valence-electron chi connectivity index (χ1n) is 7.69. The molecule has 2 aliphatic rings. The van der Waals surface area contributed by atoms with Gasteiger partial charge in [-0.25, -0.2) is 0 Å². The topological polar surface area (TPSA) is 29.1 Å². The van der Waals surface area contributed by atoms with Crippen molar-refractivity contribution >= 4 is 17.5 Å². The highest BCUT2D eigenvalue weighted by Crippen LogP contribution is 2.43. The van der Waals surface area contributed by atoms with Crippen molar-refractivity contribution in [2.45, 2.75) is 56.9 Å². The predicted octanol–water partition coefficient (Wildman–Crippen LogP) is 3.98. The van der Waals surface area contributed by atoms with Gasteiger partial charge in [0.25, 0.3) is 0 Å². The molecule has 1 amide bonds. The Balaban J connectivity index is 1.79. The van der Waals surface area contributed by atoms with Crippen molar-refractivity contribution in [3.63, 3.8) is 0 Å². The molecule has 1 aromatic carbocycles. The fraction of sp³-hybridized carbons (Fsp3) is 0.588. The molecule has 0 heterocycles. The van der Waals surface area contributed by atoms with Crippen LogP contribution >= 0.6 is 11.6 Å². The van der Waals surface area contributed by atoms with Crippen molar-refractivity contribution in [1.29, 1.82) is 0 Å². The molecule has 2 aliphatic carbocycles. The fourth-order valence-electron chi connectivity index (χ4n) is 3.80. The third-order valence-corrected chi connectivity index (χ3v) is 5.58. The number of nitrogens with one attached hydrogen (secondary N) is 1. The molecule has 108 valence electrons. The van der Waals surface area contributed by atoms with E-state index in [1.54, 1.807) is 0 Å². The molecular weight excluding hydrogens is 270 g/mol. The van der Waals surface area contributed by atoms with Gasteiger partial charge in [0.05, 0.1) is 11.4 Å². The lowest BCUT2D eigenvalue weighted by Gasteiger charge is -2.29. The second-order valence-corrected chi connectivity index (χ2v) is 6.77. The molecule has 1 N–H and O–H groups in total. The van der Waals surface area contributed by atoms with E-state index in [1.807, 2.05) is 12.1 Å². The summed E-state index contributed by atoms with van der Waals surface area (Å²) >= 11 is 6.47. The molecule has 0 bridgehead atoms. The second-order valence-electron chi connectivity index (χ2n) is 6.21. The molecule has 1 aromatic rings. The molecule has 0 aromatic heterocycles. The third kappa shape index (κ3) is 2.24. The van der Waals surface area contributed by atoms with Crippen molar-refractivity contribution in [3.05, 3.63) is 35.4 Å². The smallest absolute Gasteiger partial charge is 0.226 e. The van der Waals surface area contributed by atoms with E-state index < -0.39 is 0 Å². The van der Waals surface area contributed by atoms with Gasteiger partial charge >= 0.3 is 0 Å². The summed E-state index contributed by atoms with van der Waals surface area (Å²) in [6.07, 6.45) is 6.18. The third-order valence-electron chi connectivity index (χ3n) is 5.17. The average Bonchev–Trinajstić information content (AvgIpc) is 3.05. The molecule has 3 rings (SSSR count). The van der Waals surface area contributed by atoms with Crippen molar-refractivity contribution < 1.29 is 4.79 Å². The van der Waals surface area contributed by atoms with Crippen LogP contribution in [0.15, 0.2) is 24.3 Å². The molecule has 3 heteroatoms. The highest BCUT2D eigenvalue weighted by atomic mass is 35.5. The van der Waals surface area contributed by atoms with Gasteiger partial charge in [0.15, 0.2) is 0 Å². The molecule has 0 spiro atoms. The van der Waals surface area contributed by atoms with E-state index in [2.05, 4.69) is 24.4 Å². The monoisotopic (exact) mass is 291 g/mol. The Labute approximate surface area is 125 Å². The maximum atomic E-state index is 12.7. The van der Waals surface area contributed by atoms with Crippen molar-refractivity contribution in [2.24, 2.45) is 5.41 Å². The average molecular weight is 292 g/mol. The Morgan fingerprint density at radius 3 is 2.75 bits per heavy atom. The first-order valence-corrected chi connectivity index (χ1v) is 8.13. The van der Waals surface area contributed by atoms with E-state index in [0.29, 0.717) is 0 Å². The van der Waals surface area contributed by atoms with Crippen LogP contribution in [0.1, 0.15) is 56.2 Å². The summed E-state index contributed by atoms with van der Waals surface area (Å²) in [4.78, 5) is 12.7. The highest BCUT2D eigenvalue weighted by Gasteiger charge is 2.42. The van der Waals surface area contributed by atoms with Crippen LogP contribution in [0.5, 0.6) is 0 Å². The Hall–Kier alpha value is -1.02. The van der Waals surface area contributed by atoms with Crippen LogP contribution in [0.3, 0.4) is 0 Å². The number of alkyl halides is 1. The van der Waals surface area contributed by atoms with E-state index in [4.69, 9.17) is 11.6 Å². The maximum absolute atomic E-state index is 12.7. The zero-order valence-corrected chi connectivity index (χ0v) is 12.7. The van der Waals surface area contributed by atoms with E-state index in [0.717, 1.165) is 25.7 Å². The van der Waals surface area contributed by atoms with Gasteiger partial charge in [0, 0.05) is 5.41 Å². The van der Waals surface area contributed by atoms with Crippen molar-refractivity contribution in [2.75, 3.05) is 0 Å². The molecule has 1 saturated carbocycles. The largest absolute Gasteiger partial charge is 0.347 e. The first-order chi connectivity index (χ1) is 9.66. The van der Waals surface area contributed by atoms with Gasteiger partial charge in [-0.3, -0.25) is 4.79 Å². The van der Waals surface area contributed by atoms with Crippen LogP contribution in [0.25, 0.3) is 0 Å². The summed E-state index contributed by atoms with van der Waals surface area (Å²) in [7, 11) is 0. The van der Waals surface area contributed by atoms with E-state index in [9.17, 15) is 4.79 Å². The number of hydrogen-bond donors (Lipinski definition) is 1. The number of fused-ring (bicyclic) bond motifs is 1. The second kappa shape index (κ2) is 5.40. The fourth-order valence-corrected chi connectivity index (χ4v) is 4.17. The number of carbonyl (C=O) groups is 1. The number of carbonyl (C=O) groups excluding carboxylic acids is 1. The lowest BCUT2D eigenvalue weighted by molar-refractivity contribution is -0.131. The maximum Gasteiger partial charge on any atom is 0.226 e. The van der Waals surface area contributed by atoms with Crippen LogP contribution in [-0.4, -0.2) is 11.3 Å². The van der Waals surface area contributed by atoms with Gasteiger partial charge in [0.2, 0.25) is 5.91 Å². The van der Waals surface area contributed by atoms with E-state index in [1.165, 1.54) is 24.0 Å². The van der Waals surface area contributed by atoms with E-state index in [-0.39, 0.29) is 22.7 Å². The minimum atomic E-state index is -0.145. The SMILES string of the molecule is CCC1(C(=O)NC2c3ccccc3CC2Cl)CCCC1. The molecule has 2 nitrogen and oxygen atoms in total. The van der Waals surface area contributed by atoms with Crippen LogP contribution in [0.4, 0.5) is 0 Å². The molecule has 2 unspecified atom stereocenters. The molecule has 1 fully saturated rings. The predicted molar refractivity (Wildman–Crippen MR) is 81.9 cm³/mol. The summed E-state index contributed by atoms with van der Waals surface area (Å²) in [5, 5.41) is 3.23. The minimum absolute atomic E-state index is 0.0216. The minimum Gasteiger partial charge on any atom is -0.347 e. The zero-order valence-electron chi connectivity index (χ0n) is 12.0. The first kappa shape index (κ1) is 13.9. The van der Waals surface area contributed by atoms with Gasteiger partial charge in [-0.2, -0.15) is 0 Å². The number of hydrogen-bond acceptors (Lipinski definition) is 1. The number of benzene rings is 1. The Kier molecular flexibility index (Phi) is 3.76. The zero-order chi connectivity index (χ0) is 14.2. The van der Waals surface area contributed by atoms with Crippen LogP contribution in [0.2, 0.25) is 0 Å².